The zero-order chi connectivity index (χ0) is 12.3. The second-order valence-corrected chi connectivity index (χ2v) is 4.31. The number of nitrogen functional groups attached to an aromatic ring is 1. The summed E-state index contributed by atoms with van der Waals surface area (Å²) >= 11 is 0. The average molecular weight is 234 g/mol. The number of aliphatic hydroxyl groups excluding tert-OH is 1. The van der Waals surface area contributed by atoms with Gasteiger partial charge in [-0.1, -0.05) is 0 Å². The Bertz CT molecular complexity index is 407. The zero-order valence-corrected chi connectivity index (χ0v) is 9.76. The van der Waals surface area contributed by atoms with Crippen molar-refractivity contribution in [3.8, 4) is 0 Å². The maximum atomic E-state index is 9.40. The summed E-state index contributed by atoms with van der Waals surface area (Å²) in [6.45, 7) is 0.983. The fourth-order valence-corrected chi connectivity index (χ4v) is 2.31. The van der Waals surface area contributed by atoms with Gasteiger partial charge in [0.25, 0.3) is 0 Å². The van der Waals surface area contributed by atoms with Gasteiger partial charge in [0.05, 0.1) is 18.2 Å². The lowest BCUT2D eigenvalue weighted by Crippen LogP contribution is -2.43. The molecule has 17 heavy (non-hydrogen) atoms. The first kappa shape index (κ1) is 11.9. The Kier molecular flexibility index (Phi) is 3.58. The molecule has 1 saturated heterocycles. The van der Waals surface area contributed by atoms with Gasteiger partial charge >= 0.3 is 0 Å². The van der Waals surface area contributed by atoms with Crippen molar-refractivity contribution in [3.63, 3.8) is 0 Å². The lowest BCUT2D eigenvalue weighted by molar-refractivity contribution is 0.239. The zero-order valence-electron chi connectivity index (χ0n) is 9.76. The number of aliphatic hydroxyl groups is 1. The van der Waals surface area contributed by atoms with Gasteiger partial charge in [-0.2, -0.15) is 0 Å². The summed E-state index contributed by atoms with van der Waals surface area (Å²) in [6.07, 6.45) is 4.88. The summed E-state index contributed by atoms with van der Waals surface area (Å²) in [6, 6.07) is 3.67. The summed E-state index contributed by atoms with van der Waals surface area (Å²) < 4.78 is 0. The molecular formula is C12H18N4O. The van der Waals surface area contributed by atoms with E-state index in [1.807, 2.05) is 0 Å². The fraction of sp³-hybridized carbons (Fsp3) is 0.500. The van der Waals surface area contributed by atoms with E-state index in [4.69, 9.17) is 11.1 Å². The third kappa shape index (κ3) is 2.39. The van der Waals surface area contributed by atoms with Gasteiger partial charge in [-0.15, -0.1) is 0 Å². The normalized spacial score (nSPS) is 20.3. The molecule has 1 atom stereocenters. The Morgan fingerprint density at radius 2 is 2.41 bits per heavy atom. The van der Waals surface area contributed by atoms with Gasteiger partial charge in [0.15, 0.2) is 0 Å². The van der Waals surface area contributed by atoms with Crippen LogP contribution in [0, 0.1) is 5.41 Å². The van der Waals surface area contributed by atoms with Crippen LogP contribution in [0.5, 0.6) is 0 Å². The molecule has 92 valence electrons. The summed E-state index contributed by atoms with van der Waals surface area (Å²) in [5, 5.41) is 17.0. The molecule has 5 nitrogen and oxygen atoms in total. The number of piperidine rings is 1. The number of rotatable bonds is 3. The predicted octanol–water partition coefficient (Wildman–Crippen LogP) is 0.717. The maximum Gasteiger partial charge on any atom is 0.139 e. The molecule has 2 heterocycles. The highest BCUT2D eigenvalue weighted by Gasteiger charge is 2.25. The van der Waals surface area contributed by atoms with Crippen LogP contribution in [0.15, 0.2) is 18.3 Å². The van der Waals surface area contributed by atoms with Crippen molar-refractivity contribution in [2.75, 3.05) is 18.1 Å². The first-order valence-electron chi connectivity index (χ1n) is 5.91. The van der Waals surface area contributed by atoms with Crippen LogP contribution in [0.1, 0.15) is 24.8 Å². The van der Waals surface area contributed by atoms with Crippen LogP contribution in [0.4, 0.5) is 5.82 Å². The minimum absolute atomic E-state index is 0.0235. The molecule has 0 aromatic carbocycles. The van der Waals surface area contributed by atoms with Gasteiger partial charge in [0.1, 0.15) is 11.7 Å². The average Bonchev–Trinajstić information content (AvgIpc) is 2.38. The second-order valence-electron chi connectivity index (χ2n) is 4.31. The van der Waals surface area contributed by atoms with E-state index in [0.717, 1.165) is 31.6 Å². The van der Waals surface area contributed by atoms with Crippen molar-refractivity contribution in [3.05, 3.63) is 23.9 Å². The first-order valence-corrected chi connectivity index (χ1v) is 5.91. The molecule has 1 aromatic heterocycles. The Labute approximate surface area is 101 Å². The van der Waals surface area contributed by atoms with E-state index in [1.165, 1.54) is 0 Å². The third-order valence-electron chi connectivity index (χ3n) is 3.19. The molecule has 1 fully saturated rings. The highest BCUT2D eigenvalue weighted by Crippen LogP contribution is 2.25. The van der Waals surface area contributed by atoms with E-state index in [0.29, 0.717) is 5.56 Å². The summed E-state index contributed by atoms with van der Waals surface area (Å²) in [5.74, 6) is 0.745. The maximum absolute atomic E-state index is 9.40. The summed E-state index contributed by atoms with van der Waals surface area (Å²) in [4.78, 5) is 6.39. The van der Waals surface area contributed by atoms with Gasteiger partial charge in [0, 0.05) is 12.7 Å². The third-order valence-corrected chi connectivity index (χ3v) is 3.19. The molecule has 5 heteroatoms. The fourth-order valence-electron chi connectivity index (χ4n) is 2.31. The minimum atomic E-state index is 0.0235. The van der Waals surface area contributed by atoms with E-state index in [1.54, 1.807) is 18.3 Å². The Morgan fingerprint density at radius 3 is 3.12 bits per heavy atom. The standard InChI is InChI=1S/C12H18N4O/c13-11(14)10-5-3-6-15-12(10)16-7-2-1-4-9(16)8-17/h3,5-6,9,17H,1-2,4,7-8H2,(H3,13,14). The van der Waals surface area contributed by atoms with Crippen LogP contribution in [0.25, 0.3) is 0 Å². The Hall–Kier alpha value is -1.62. The van der Waals surface area contributed by atoms with Crippen molar-refractivity contribution in [1.82, 2.24) is 4.98 Å². The monoisotopic (exact) mass is 234 g/mol. The number of anilines is 1. The van der Waals surface area contributed by atoms with Crippen LogP contribution >= 0.6 is 0 Å². The number of nitrogens with zero attached hydrogens (tertiary/aromatic N) is 2. The minimum Gasteiger partial charge on any atom is -0.394 e. The lowest BCUT2D eigenvalue weighted by atomic mass is 10.0. The molecule has 1 aromatic rings. The van der Waals surface area contributed by atoms with Crippen LogP contribution in [-0.2, 0) is 0 Å². The summed E-state index contributed by atoms with van der Waals surface area (Å²) in [5.41, 5.74) is 6.21. The highest BCUT2D eigenvalue weighted by atomic mass is 16.3. The van der Waals surface area contributed by atoms with Crippen molar-refractivity contribution in [1.29, 1.82) is 5.41 Å². The molecule has 0 amide bonds. The molecule has 0 saturated carbocycles. The Morgan fingerprint density at radius 1 is 1.59 bits per heavy atom. The van der Waals surface area contributed by atoms with Gasteiger partial charge < -0.3 is 15.7 Å². The first-order chi connectivity index (χ1) is 8.24. The topological polar surface area (TPSA) is 86.2 Å². The van der Waals surface area contributed by atoms with E-state index >= 15 is 0 Å². The van der Waals surface area contributed by atoms with Crippen molar-refractivity contribution < 1.29 is 5.11 Å². The van der Waals surface area contributed by atoms with E-state index in [-0.39, 0.29) is 18.5 Å². The van der Waals surface area contributed by atoms with Crippen molar-refractivity contribution in [2.24, 2.45) is 5.73 Å². The molecule has 0 aliphatic carbocycles. The smallest absolute Gasteiger partial charge is 0.139 e. The Balaban J connectivity index is 2.34. The van der Waals surface area contributed by atoms with E-state index in [2.05, 4.69) is 9.88 Å². The van der Waals surface area contributed by atoms with Crippen LogP contribution in [0.2, 0.25) is 0 Å². The summed E-state index contributed by atoms with van der Waals surface area (Å²) in [7, 11) is 0. The lowest BCUT2D eigenvalue weighted by Gasteiger charge is -2.36. The molecule has 0 bridgehead atoms. The highest BCUT2D eigenvalue weighted by molar-refractivity contribution is 5.99. The van der Waals surface area contributed by atoms with Crippen molar-refractivity contribution in [2.45, 2.75) is 25.3 Å². The number of hydrogen-bond acceptors (Lipinski definition) is 4. The molecule has 2 rings (SSSR count). The van der Waals surface area contributed by atoms with Crippen molar-refractivity contribution >= 4 is 11.7 Å². The quantitative estimate of drug-likeness (QED) is 0.531. The van der Waals surface area contributed by atoms with Crippen LogP contribution < -0.4 is 10.6 Å². The van der Waals surface area contributed by atoms with Gasteiger partial charge in [-0.25, -0.2) is 4.98 Å². The van der Waals surface area contributed by atoms with E-state index < -0.39 is 0 Å². The number of amidine groups is 1. The molecule has 0 spiro atoms. The largest absolute Gasteiger partial charge is 0.394 e. The molecule has 1 unspecified atom stereocenters. The van der Waals surface area contributed by atoms with Gasteiger partial charge in [-0.3, -0.25) is 5.41 Å². The molecule has 1 aliphatic rings. The van der Waals surface area contributed by atoms with Gasteiger partial charge in [0.2, 0.25) is 0 Å². The number of nitrogens with two attached hydrogens (primary N) is 1. The molecule has 4 N–H and O–H groups in total. The van der Waals surface area contributed by atoms with E-state index in [9.17, 15) is 5.11 Å². The van der Waals surface area contributed by atoms with Gasteiger partial charge in [-0.05, 0) is 31.4 Å². The second kappa shape index (κ2) is 5.14. The van der Waals surface area contributed by atoms with Crippen LogP contribution in [0.3, 0.4) is 0 Å². The number of hydrogen-bond donors (Lipinski definition) is 3. The number of nitrogens with one attached hydrogen (secondary N) is 1. The molecule has 0 radical (unpaired) electrons. The SMILES string of the molecule is N=C(N)c1cccnc1N1CCCCC1CO. The number of pyridine rings is 1. The van der Waals surface area contributed by atoms with Crippen LogP contribution in [-0.4, -0.2) is 35.1 Å². The number of aromatic nitrogens is 1. The predicted molar refractivity (Wildman–Crippen MR) is 67.3 cm³/mol. The molecule has 1 aliphatic heterocycles. The molecular weight excluding hydrogens is 216 g/mol.